The second-order valence-electron chi connectivity index (χ2n) is 6.36. The number of rotatable bonds is 4. The van der Waals surface area contributed by atoms with E-state index in [1.165, 1.54) is 10.9 Å². The van der Waals surface area contributed by atoms with Crippen LogP contribution in [0.5, 0.6) is 0 Å². The second-order valence-corrected chi connectivity index (χ2v) is 6.36. The van der Waals surface area contributed by atoms with Gasteiger partial charge in [-0.25, -0.2) is 0 Å². The van der Waals surface area contributed by atoms with Crippen LogP contribution in [0.4, 0.5) is 0 Å². The van der Waals surface area contributed by atoms with Gasteiger partial charge < -0.3 is 5.11 Å². The zero-order valence-electron chi connectivity index (χ0n) is 13.3. The summed E-state index contributed by atoms with van der Waals surface area (Å²) in [7, 11) is 0. The molecule has 0 aromatic heterocycles. The van der Waals surface area contributed by atoms with E-state index < -0.39 is 6.10 Å². The molecule has 1 aliphatic heterocycles. The number of aliphatic hydroxyl groups is 1. The molecule has 3 aromatic carbocycles. The van der Waals surface area contributed by atoms with Crippen molar-refractivity contribution < 1.29 is 5.11 Å². The number of nitrogens with zero attached hydrogens (tertiary/aromatic N) is 1. The van der Waals surface area contributed by atoms with Crippen LogP contribution < -0.4 is 0 Å². The highest BCUT2D eigenvalue weighted by atomic mass is 16.3. The number of aliphatic hydroxyl groups excluding tert-OH is 1. The van der Waals surface area contributed by atoms with Crippen molar-refractivity contribution in [2.24, 2.45) is 0 Å². The predicted molar refractivity (Wildman–Crippen MR) is 94.3 cm³/mol. The Morgan fingerprint density at radius 2 is 1.61 bits per heavy atom. The van der Waals surface area contributed by atoms with Crippen molar-refractivity contribution in [2.45, 2.75) is 25.1 Å². The van der Waals surface area contributed by atoms with Crippen LogP contribution in [0.2, 0.25) is 0 Å². The Bertz CT molecular complexity index is 809. The molecule has 1 N–H and O–H groups in total. The quantitative estimate of drug-likeness (QED) is 0.726. The van der Waals surface area contributed by atoms with Crippen LogP contribution in [0, 0.1) is 0 Å². The highest BCUT2D eigenvalue weighted by molar-refractivity contribution is 5.86. The molecule has 23 heavy (non-hydrogen) atoms. The highest BCUT2D eigenvalue weighted by Crippen LogP contribution is 2.40. The Labute approximate surface area is 137 Å². The molecule has 1 aliphatic rings. The zero-order chi connectivity index (χ0) is 15.8. The molecule has 2 heteroatoms. The molecule has 0 saturated carbocycles. The first-order valence-electron chi connectivity index (χ1n) is 8.22. The number of hydrogen-bond donors (Lipinski definition) is 1. The normalized spacial score (nSPS) is 22.7. The van der Waals surface area contributed by atoms with E-state index in [9.17, 15) is 5.11 Å². The maximum Gasteiger partial charge on any atom is 0.0963 e. The van der Waals surface area contributed by atoms with Gasteiger partial charge in [-0.3, -0.25) is 4.90 Å². The van der Waals surface area contributed by atoms with Gasteiger partial charge in [0.15, 0.2) is 0 Å². The average molecular weight is 303 g/mol. The van der Waals surface area contributed by atoms with E-state index in [4.69, 9.17) is 0 Å². The van der Waals surface area contributed by atoms with E-state index in [2.05, 4.69) is 60.4 Å². The summed E-state index contributed by atoms with van der Waals surface area (Å²) in [6.07, 6.45) is -0.438. The lowest BCUT2D eigenvalue weighted by molar-refractivity contribution is 0.152. The molecule has 4 rings (SSSR count). The van der Waals surface area contributed by atoms with E-state index in [-0.39, 0.29) is 6.04 Å². The summed E-state index contributed by atoms with van der Waals surface area (Å²) in [6.45, 7) is 3.16. The average Bonchev–Trinajstić information content (AvgIpc) is 3.41. The third-order valence-electron chi connectivity index (χ3n) is 4.98. The first-order chi connectivity index (χ1) is 11.3. The summed E-state index contributed by atoms with van der Waals surface area (Å²) in [5.41, 5.74) is 2.34. The molecule has 0 bridgehead atoms. The van der Waals surface area contributed by atoms with E-state index in [0.29, 0.717) is 6.04 Å². The van der Waals surface area contributed by atoms with Crippen molar-refractivity contribution in [3.8, 4) is 0 Å². The lowest BCUT2D eigenvalue weighted by Gasteiger charge is -2.18. The van der Waals surface area contributed by atoms with Crippen LogP contribution in [0.1, 0.15) is 30.2 Å². The van der Waals surface area contributed by atoms with Crippen molar-refractivity contribution in [1.82, 2.24) is 4.90 Å². The van der Waals surface area contributed by atoms with E-state index in [0.717, 1.165) is 17.5 Å². The topological polar surface area (TPSA) is 23.2 Å². The summed E-state index contributed by atoms with van der Waals surface area (Å²) in [5, 5.41) is 13.2. The van der Waals surface area contributed by atoms with Gasteiger partial charge in [0, 0.05) is 12.6 Å². The van der Waals surface area contributed by atoms with E-state index >= 15 is 0 Å². The standard InChI is InChI=1S/C21H21NO/c1-15(16-8-3-2-4-9-16)22-14-20(22)21(23)19-13-7-11-17-10-5-6-12-18(17)19/h2-13,15,20-21,23H,14H2,1H3/t15-,20+,21-,22?/m1/s1. The third kappa shape index (κ3) is 2.65. The molecule has 1 unspecified atom stereocenters. The minimum absolute atomic E-state index is 0.205. The maximum absolute atomic E-state index is 10.9. The summed E-state index contributed by atoms with van der Waals surface area (Å²) < 4.78 is 0. The molecule has 1 saturated heterocycles. The molecular weight excluding hydrogens is 282 g/mol. The van der Waals surface area contributed by atoms with Crippen molar-refractivity contribution in [3.63, 3.8) is 0 Å². The van der Waals surface area contributed by atoms with Gasteiger partial charge in [-0.05, 0) is 28.8 Å². The summed E-state index contributed by atoms with van der Waals surface area (Å²) in [5.74, 6) is 0. The van der Waals surface area contributed by atoms with Crippen LogP contribution in [0.3, 0.4) is 0 Å². The molecule has 0 aliphatic carbocycles. The molecule has 2 nitrogen and oxygen atoms in total. The Kier molecular flexibility index (Phi) is 3.64. The first-order valence-corrected chi connectivity index (χ1v) is 8.22. The van der Waals surface area contributed by atoms with Gasteiger partial charge in [-0.1, -0.05) is 72.8 Å². The minimum atomic E-state index is -0.438. The summed E-state index contributed by atoms with van der Waals surface area (Å²) in [4.78, 5) is 2.36. The van der Waals surface area contributed by atoms with Crippen LogP contribution in [0.25, 0.3) is 10.8 Å². The fourth-order valence-electron chi connectivity index (χ4n) is 3.53. The van der Waals surface area contributed by atoms with Crippen molar-refractivity contribution in [3.05, 3.63) is 83.9 Å². The minimum Gasteiger partial charge on any atom is -0.387 e. The highest BCUT2D eigenvalue weighted by Gasteiger charge is 2.43. The van der Waals surface area contributed by atoms with Crippen molar-refractivity contribution in [1.29, 1.82) is 0 Å². The van der Waals surface area contributed by atoms with Gasteiger partial charge >= 0.3 is 0 Å². The van der Waals surface area contributed by atoms with Gasteiger partial charge in [-0.15, -0.1) is 0 Å². The number of benzene rings is 3. The Balaban J connectivity index is 1.58. The first kappa shape index (κ1) is 14.4. The number of hydrogen-bond acceptors (Lipinski definition) is 2. The summed E-state index contributed by atoms with van der Waals surface area (Å²) >= 11 is 0. The van der Waals surface area contributed by atoms with Crippen LogP contribution in [-0.4, -0.2) is 22.6 Å². The smallest absolute Gasteiger partial charge is 0.0963 e. The van der Waals surface area contributed by atoms with Gasteiger partial charge in [0.1, 0.15) is 0 Å². The summed E-state index contributed by atoms with van der Waals surface area (Å²) in [6, 6.07) is 25.5. The molecule has 4 atom stereocenters. The molecule has 0 spiro atoms. The van der Waals surface area contributed by atoms with Crippen molar-refractivity contribution >= 4 is 10.8 Å². The van der Waals surface area contributed by atoms with Gasteiger partial charge in [0.25, 0.3) is 0 Å². The fraction of sp³-hybridized carbons (Fsp3) is 0.238. The SMILES string of the molecule is C[C@H](c1ccccc1)N1C[C@H]1[C@H](O)c1cccc2ccccc12. The molecule has 1 heterocycles. The van der Waals surface area contributed by atoms with Crippen molar-refractivity contribution in [2.75, 3.05) is 6.54 Å². The molecule has 116 valence electrons. The Hall–Kier alpha value is -2.16. The second kappa shape index (κ2) is 5.80. The fourth-order valence-corrected chi connectivity index (χ4v) is 3.53. The zero-order valence-corrected chi connectivity index (χ0v) is 13.3. The Morgan fingerprint density at radius 1 is 0.913 bits per heavy atom. The predicted octanol–water partition coefficient (Wildman–Crippen LogP) is 4.32. The van der Waals surface area contributed by atoms with Crippen LogP contribution in [-0.2, 0) is 0 Å². The van der Waals surface area contributed by atoms with Gasteiger partial charge in [-0.2, -0.15) is 0 Å². The maximum atomic E-state index is 10.9. The van der Waals surface area contributed by atoms with E-state index in [1.807, 2.05) is 24.3 Å². The third-order valence-corrected chi connectivity index (χ3v) is 4.98. The molecule has 3 aromatic rings. The molecule has 1 fully saturated rings. The largest absolute Gasteiger partial charge is 0.387 e. The van der Waals surface area contributed by atoms with Crippen LogP contribution in [0.15, 0.2) is 72.8 Å². The van der Waals surface area contributed by atoms with Gasteiger partial charge in [0.2, 0.25) is 0 Å². The lowest BCUT2D eigenvalue weighted by atomic mass is 9.98. The number of fused-ring (bicyclic) bond motifs is 1. The van der Waals surface area contributed by atoms with Crippen LogP contribution >= 0.6 is 0 Å². The van der Waals surface area contributed by atoms with Gasteiger partial charge in [0.05, 0.1) is 12.1 Å². The molecular formula is C21H21NO. The molecule has 0 radical (unpaired) electrons. The molecule has 0 amide bonds. The Morgan fingerprint density at radius 3 is 2.43 bits per heavy atom. The lowest BCUT2D eigenvalue weighted by Crippen LogP contribution is -2.14. The van der Waals surface area contributed by atoms with E-state index in [1.54, 1.807) is 0 Å². The monoisotopic (exact) mass is 303 g/mol.